The SMILES string of the molecule is NC(Cc1ccc(Br)cc1)c1cc2sccc2s1. The minimum atomic E-state index is 0.0933. The molecule has 2 aromatic heterocycles. The smallest absolute Gasteiger partial charge is 0.0454 e. The van der Waals surface area contributed by atoms with E-state index in [9.17, 15) is 0 Å². The molecule has 0 saturated carbocycles. The van der Waals surface area contributed by atoms with Crippen molar-refractivity contribution in [1.82, 2.24) is 0 Å². The van der Waals surface area contributed by atoms with Crippen molar-refractivity contribution < 1.29 is 0 Å². The quantitative estimate of drug-likeness (QED) is 0.717. The van der Waals surface area contributed by atoms with Crippen LogP contribution in [0.2, 0.25) is 0 Å². The maximum Gasteiger partial charge on any atom is 0.0454 e. The lowest BCUT2D eigenvalue weighted by atomic mass is 10.1. The Balaban J connectivity index is 1.80. The van der Waals surface area contributed by atoms with Crippen molar-refractivity contribution in [3.8, 4) is 0 Å². The molecule has 0 saturated heterocycles. The zero-order valence-corrected chi connectivity index (χ0v) is 12.8. The average Bonchev–Trinajstić information content (AvgIpc) is 2.92. The average molecular weight is 338 g/mol. The van der Waals surface area contributed by atoms with E-state index in [0.29, 0.717) is 0 Å². The minimum absolute atomic E-state index is 0.0933. The summed E-state index contributed by atoms with van der Waals surface area (Å²) in [5.41, 5.74) is 7.57. The van der Waals surface area contributed by atoms with Crippen molar-refractivity contribution in [1.29, 1.82) is 0 Å². The van der Waals surface area contributed by atoms with Crippen molar-refractivity contribution in [3.63, 3.8) is 0 Å². The van der Waals surface area contributed by atoms with E-state index in [1.807, 2.05) is 11.3 Å². The molecule has 3 aromatic rings. The number of benzene rings is 1. The summed E-state index contributed by atoms with van der Waals surface area (Å²) in [4.78, 5) is 1.28. The van der Waals surface area contributed by atoms with Crippen LogP contribution >= 0.6 is 38.6 Å². The highest BCUT2D eigenvalue weighted by atomic mass is 79.9. The Morgan fingerprint density at radius 2 is 1.89 bits per heavy atom. The van der Waals surface area contributed by atoms with E-state index in [1.165, 1.54) is 19.8 Å². The number of halogens is 1. The number of hydrogen-bond donors (Lipinski definition) is 1. The zero-order valence-electron chi connectivity index (χ0n) is 9.60. The molecule has 3 rings (SSSR count). The van der Waals surface area contributed by atoms with Crippen molar-refractivity contribution in [2.75, 3.05) is 0 Å². The highest BCUT2D eigenvalue weighted by molar-refractivity contribution is 9.10. The van der Waals surface area contributed by atoms with E-state index < -0.39 is 0 Å². The summed E-state index contributed by atoms with van der Waals surface area (Å²) >= 11 is 7.04. The Labute approximate surface area is 122 Å². The summed E-state index contributed by atoms with van der Waals surface area (Å²) in [5.74, 6) is 0. The van der Waals surface area contributed by atoms with Crippen LogP contribution in [0, 0.1) is 0 Å². The third-order valence-corrected chi connectivity index (χ3v) is 5.65. The van der Waals surface area contributed by atoms with Gasteiger partial charge in [0.25, 0.3) is 0 Å². The predicted molar refractivity (Wildman–Crippen MR) is 84.5 cm³/mol. The Hall–Kier alpha value is -0.680. The molecule has 0 spiro atoms. The molecule has 0 aliphatic carbocycles. The predicted octanol–water partition coefficient (Wildman–Crippen LogP) is 4.97. The second-order valence-corrected chi connectivity index (χ2v) is 7.21. The lowest BCUT2D eigenvalue weighted by Crippen LogP contribution is -2.11. The number of thiophene rings is 2. The van der Waals surface area contributed by atoms with Crippen LogP contribution in [0.3, 0.4) is 0 Å². The van der Waals surface area contributed by atoms with Crippen LogP contribution in [-0.4, -0.2) is 0 Å². The summed E-state index contributed by atoms with van der Waals surface area (Å²) in [5, 5.41) is 2.13. The number of hydrogen-bond acceptors (Lipinski definition) is 3. The van der Waals surface area contributed by atoms with Crippen molar-refractivity contribution in [2.24, 2.45) is 5.73 Å². The van der Waals surface area contributed by atoms with Gasteiger partial charge < -0.3 is 5.73 Å². The minimum Gasteiger partial charge on any atom is -0.323 e. The van der Waals surface area contributed by atoms with Gasteiger partial charge in [-0.2, -0.15) is 0 Å². The molecule has 0 aliphatic rings. The summed E-state index contributed by atoms with van der Waals surface area (Å²) in [6.07, 6.45) is 0.890. The standard InChI is InChI=1S/C14H12BrNS2/c15-10-3-1-9(2-4-10)7-11(16)13-8-14-12(18-13)5-6-17-14/h1-6,8,11H,7,16H2. The molecule has 0 aliphatic heterocycles. The number of fused-ring (bicyclic) bond motifs is 1. The third kappa shape index (κ3) is 2.52. The molecule has 1 nitrogen and oxygen atoms in total. The first-order valence-corrected chi connectivity index (χ1v) is 8.18. The Kier molecular flexibility index (Phi) is 3.52. The summed E-state index contributed by atoms with van der Waals surface area (Å²) in [6.45, 7) is 0. The molecule has 0 amide bonds. The first-order chi connectivity index (χ1) is 8.72. The second kappa shape index (κ2) is 5.13. The number of nitrogens with two attached hydrogens (primary N) is 1. The normalized spacial score (nSPS) is 13.0. The van der Waals surface area contributed by atoms with Crippen LogP contribution in [0.15, 0.2) is 46.3 Å². The van der Waals surface area contributed by atoms with Gasteiger partial charge in [0.05, 0.1) is 0 Å². The second-order valence-electron chi connectivity index (χ2n) is 4.23. The highest BCUT2D eigenvalue weighted by Crippen LogP contribution is 2.33. The van der Waals surface area contributed by atoms with Gasteiger partial charge in [0.1, 0.15) is 0 Å². The largest absolute Gasteiger partial charge is 0.323 e. The first-order valence-electron chi connectivity index (χ1n) is 5.69. The molecule has 0 fully saturated rings. The molecule has 2 heterocycles. The molecule has 92 valence electrons. The molecule has 2 N–H and O–H groups in total. The fourth-order valence-corrected chi connectivity index (χ4v) is 4.33. The van der Waals surface area contributed by atoms with Crippen LogP contribution < -0.4 is 5.73 Å². The molecule has 1 atom stereocenters. The lowest BCUT2D eigenvalue weighted by Gasteiger charge is -2.09. The van der Waals surface area contributed by atoms with Crippen LogP contribution in [0.4, 0.5) is 0 Å². The fraction of sp³-hybridized carbons (Fsp3) is 0.143. The molecular weight excluding hydrogens is 326 g/mol. The van der Waals surface area contributed by atoms with E-state index in [1.54, 1.807) is 11.3 Å². The number of rotatable bonds is 3. The molecule has 4 heteroatoms. The van der Waals surface area contributed by atoms with Gasteiger partial charge in [0, 0.05) is 24.8 Å². The third-order valence-electron chi connectivity index (χ3n) is 2.89. The fourth-order valence-electron chi connectivity index (χ4n) is 1.94. The summed E-state index contributed by atoms with van der Waals surface area (Å²) < 4.78 is 3.80. The van der Waals surface area contributed by atoms with E-state index in [4.69, 9.17) is 5.73 Å². The molecule has 1 unspecified atom stereocenters. The van der Waals surface area contributed by atoms with Gasteiger partial charge in [0.15, 0.2) is 0 Å². The topological polar surface area (TPSA) is 26.0 Å². The monoisotopic (exact) mass is 337 g/mol. The molecule has 1 aromatic carbocycles. The van der Waals surface area contributed by atoms with Crippen molar-refractivity contribution in [2.45, 2.75) is 12.5 Å². The Morgan fingerprint density at radius 3 is 2.61 bits per heavy atom. The van der Waals surface area contributed by atoms with Crippen LogP contribution in [-0.2, 0) is 6.42 Å². The molecular formula is C14H12BrNS2. The van der Waals surface area contributed by atoms with Gasteiger partial charge in [0.2, 0.25) is 0 Å². The maximum absolute atomic E-state index is 6.29. The Bertz CT molecular complexity index is 625. The summed E-state index contributed by atoms with van der Waals surface area (Å²) in [7, 11) is 0. The van der Waals surface area contributed by atoms with Gasteiger partial charge in [-0.25, -0.2) is 0 Å². The van der Waals surface area contributed by atoms with Crippen LogP contribution in [0.25, 0.3) is 9.40 Å². The zero-order chi connectivity index (χ0) is 12.5. The van der Waals surface area contributed by atoms with E-state index in [-0.39, 0.29) is 6.04 Å². The van der Waals surface area contributed by atoms with Gasteiger partial charge >= 0.3 is 0 Å². The van der Waals surface area contributed by atoms with Gasteiger partial charge in [-0.05, 0) is 41.6 Å². The maximum atomic E-state index is 6.29. The van der Waals surface area contributed by atoms with E-state index in [0.717, 1.165) is 10.9 Å². The van der Waals surface area contributed by atoms with Gasteiger partial charge in [-0.15, -0.1) is 22.7 Å². The van der Waals surface area contributed by atoms with E-state index in [2.05, 4.69) is 57.7 Å². The molecule has 0 radical (unpaired) electrons. The van der Waals surface area contributed by atoms with Crippen LogP contribution in [0.5, 0.6) is 0 Å². The van der Waals surface area contributed by atoms with Crippen molar-refractivity contribution >= 4 is 48.0 Å². The first kappa shape index (κ1) is 12.4. The molecule has 0 bridgehead atoms. The van der Waals surface area contributed by atoms with Crippen molar-refractivity contribution in [3.05, 3.63) is 56.7 Å². The van der Waals surface area contributed by atoms with Crippen LogP contribution in [0.1, 0.15) is 16.5 Å². The van der Waals surface area contributed by atoms with Gasteiger partial charge in [-0.3, -0.25) is 0 Å². The van der Waals surface area contributed by atoms with E-state index >= 15 is 0 Å². The lowest BCUT2D eigenvalue weighted by molar-refractivity contribution is 0.737. The van der Waals surface area contributed by atoms with Gasteiger partial charge in [-0.1, -0.05) is 28.1 Å². The molecule has 18 heavy (non-hydrogen) atoms. The summed E-state index contributed by atoms with van der Waals surface area (Å²) in [6, 6.07) is 12.9. The Morgan fingerprint density at radius 1 is 1.11 bits per heavy atom. The highest BCUT2D eigenvalue weighted by Gasteiger charge is 2.11.